The molecule has 3 aromatic heterocycles. The van der Waals surface area contributed by atoms with Gasteiger partial charge in [-0.05, 0) is 62.3 Å². The topological polar surface area (TPSA) is 199 Å². The Balaban J connectivity index is 0.000000270. The minimum atomic E-state index is -0.571. The third-order valence-electron chi connectivity index (χ3n) is 10.9. The number of halogens is 2. The summed E-state index contributed by atoms with van der Waals surface area (Å²) in [6, 6.07) is 8.45. The lowest BCUT2D eigenvalue weighted by Gasteiger charge is -2.29. The summed E-state index contributed by atoms with van der Waals surface area (Å²) in [5, 5.41) is 7.32. The highest BCUT2D eigenvalue weighted by atomic mass is 35.5. The molecule has 0 bridgehead atoms. The Kier molecular flexibility index (Phi) is 21.4. The number of imide groups is 1. The number of hydrogen-bond donors (Lipinski definition) is 1. The third kappa shape index (κ3) is 15.3. The molecule has 66 heavy (non-hydrogen) atoms. The van der Waals surface area contributed by atoms with Gasteiger partial charge in [0.15, 0.2) is 10.8 Å². The van der Waals surface area contributed by atoms with Crippen LogP contribution in [0.2, 0.25) is 10.2 Å². The van der Waals surface area contributed by atoms with Crippen molar-refractivity contribution in [2.75, 3.05) is 67.1 Å². The third-order valence-corrected chi connectivity index (χ3v) is 11.3. The van der Waals surface area contributed by atoms with Crippen LogP contribution in [0.25, 0.3) is 5.65 Å². The number of Topliss-reactive ketones (excluding diaryl/α,β-unsaturated/α-hetero) is 2. The van der Waals surface area contributed by atoms with Crippen molar-refractivity contribution in [3.05, 3.63) is 86.4 Å². The predicted octanol–water partition coefficient (Wildman–Crippen LogP) is 6.10. The zero-order chi connectivity index (χ0) is 47.4. The number of carbonyl (C=O) groups excluding carboxylic acids is 5. The maximum atomic E-state index is 13.2. The summed E-state index contributed by atoms with van der Waals surface area (Å²) in [6.07, 6.45) is 7.44. The lowest BCUT2D eigenvalue weighted by Crippen LogP contribution is -2.52. The fourth-order valence-electron chi connectivity index (χ4n) is 7.56. The van der Waals surface area contributed by atoms with Gasteiger partial charge >= 0.3 is 0 Å². The van der Waals surface area contributed by atoms with Crippen LogP contribution in [0, 0.1) is 0 Å². The summed E-state index contributed by atoms with van der Waals surface area (Å²) < 4.78 is 34.2. The largest absolute Gasteiger partial charge is 0.477 e. The molecule has 358 valence electrons. The van der Waals surface area contributed by atoms with E-state index < -0.39 is 6.04 Å². The van der Waals surface area contributed by atoms with E-state index in [-0.39, 0.29) is 61.3 Å². The maximum Gasteiger partial charge on any atom is 0.255 e. The summed E-state index contributed by atoms with van der Waals surface area (Å²) in [6.45, 7) is 8.51. The number of pyridine rings is 1. The molecule has 1 aromatic carbocycles. The summed E-state index contributed by atoms with van der Waals surface area (Å²) in [5.41, 5.74) is 5.28. The van der Waals surface area contributed by atoms with E-state index in [9.17, 15) is 24.0 Å². The molecule has 1 unspecified atom stereocenters. The molecule has 3 amide bonds. The Morgan fingerprint density at radius 3 is 2.36 bits per heavy atom. The molecule has 19 heteroatoms. The molecule has 1 N–H and O–H groups in total. The number of fused-ring (bicyclic) bond motifs is 2. The Bertz CT molecular complexity index is 2270. The van der Waals surface area contributed by atoms with E-state index in [2.05, 4.69) is 20.4 Å². The van der Waals surface area contributed by atoms with Crippen molar-refractivity contribution in [3.8, 4) is 5.88 Å². The Labute approximate surface area is 395 Å². The van der Waals surface area contributed by atoms with Crippen molar-refractivity contribution in [3.63, 3.8) is 0 Å². The van der Waals surface area contributed by atoms with Crippen LogP contribution in [0.1, 0.15) is 103 Å². The maximum absolute atomic E-state index is 13.2. The van der Waals surface area contributed by atoms with E-state index >= 15 is 0 Å². The van der Waals surface area contributed by atoms with Crippen molar-refractivity contribution in [2.45, 2.75) is 96.7 Å². The molecule has 0 spiro atoms. The second-order valence-corrected chi connectivity index (χ2v) is 16.6. The molecule has 2 aliphatic heterocycles. The SMILES string of the molecule is CCCOCCOCCC(=O)CCCOc1ncc(Cl)cc1CC(=O)Cc1cnc2cc(Cl)nn2c1[C@H](C)OC.COCCOCCCc1cccc2c1CN(C1CCC(=O)NC1=O)C2=O. The number of ketones is 2. The molecule has 1 saturated heterocycles. The van der Waals surface area contributed by atoms with E-state index in [4.69, 9.17) is 51.6 Å². The van der Waals surface area contributed by atoms with Gasteiger partial charge in [-0.1, -0.05) is 42.3 Å². The zero-order valence-corrected chi connectivity index (χ0v) is 39.6. The molecular formula is C47H60Cl2N6O11. The highest BCUT2D eigenvalue weighted by molar-refractivity contribution is 6.30. The smallest absolute Gasteiger partial charge is 0.255 e. The van der Waals surface area contributed by atoms with Crippen LogP contribution in [0.15, 0.2) is 42.7 Å². The molecule has 6 rings (SSSR count). The quantitative estimate of drug-likeness (QED) is 0.0532. The number of piperidine rings is 1. The predicted molar refractivity (Wildman–Crippen MR) is 245 cm³/mol. The first kappa shape index (κ1) is 52.1. The molecule has 0 aliphatic carbocycles. The Hall–Kier alpha value is -4.88. The van der Waals surface area contributed by atoms with E-state index in [0.29, 0.717) is 123 Å². The number of nitrogens with zero attached hydrogens (tertiary/aromatic N) is 5. The standard InChI is InChI=1S/C28H36Cl2N4O6.C19H24N2O5/c1-4-8-38-11-12-39-10-7-23(35)6-5-9-40-28-20(13-22(29)18-32-28)14-24(36)15-21-17-31-26-16-25(30)33-34(26)27(21)19(2)37-3;1-25-10-11-26-9-3-5-13-4-2-6-14-15(13)12-21(19(14)24)16-7-8-17(22)20-18(16)23/h13,16-19H,4-12,14-15H2,1-3H3;2,4,6,16H,3,5,7-12H2,1H3,(H,20,22,23)/t19-;/m0./s1. The van der Waals surface area contributed by atoms with E-state index in [1.54, 1.807) is 42.0 Å². The van der Waals surface area contributed by atoms with Crippen molar-refractivity contribution in [2.24, 2.45) is 0 Å². The number of methoxy groups -OCH3 is 2. The minimum Gasteiger partial charge on any atom is -0.477 e. The van der Waals surface area contributed by atoms with Crippen LogP contribution in [0.4, 0.5) is 0 Å². The zero-order valence-electron chi connectivity index (χ0n) is 38.1. The summed E-state index contributed by atoms with van der Waals surface area (Å²) in [7, 11) is 3.23. The second kappa shape index (κ2) is 27.1. The number of carbonyl (C=O) groups is 5. The minimum absolute atomic E-state index is 0.0554. The molecule has 1 fully saturated rings. The number of nitrogens with one attached hydrogen (secondary N) is 1. The number of rotatable bonds is 27. The van der Waals surface area contributed by atoms with Gasteiger partial charge in [-0.3, -0.25) is 29.3 Å². The van der Waals surface area contributed by atoms with Crippen molar-refractivity contribution < 1.29 is 52.4 Å². The van der Waals surface area contributed by atoms with Crippen LogP contribution in [-0.2, 0) is 68.7 Å². The average molecular weight is 956 g/mol. The number of amides is 3. The number of benzene rings is 1. The lowest BCUT2D eigenvalue weighted by atomic mass is 10.00. The van der Waals surface area contributed by atoms with Gasteiger partial charge in [-0.25, -0.2) is 14.5 Å². The van der Waals surface area contributed by atoms with Gasteiger partial charge < -0.3 is 33.3 Å². The molecular weight excluding hydrogens is 895 g/mol. The van der Waals surface area contributed by atoms with E-state index in [1.807, 2.05) is 32.0 Å². The second-order valence-electron chi connectivity index (χ2n) is 15.8. The van der Waals surface area contributed by atoms with Gasteiger partial charge in [0, 0.05) is 101 Å². The highest BCUT2D eigenvalue weighted by Gasteiger charge is 2.39. The molecule has 0 radical (unpaired) electrons. The molecule has 17 nitrogen and oxygen atoms in total. The number of aromatic nitrogens is 4. The van der Waals surface area contributed by atoms with Crippen LogP contribution < -0.4 is 10.1 Å². The highest BCUT2D eigenvalue weighted by Crippen LogP contribution is 2.31. The lowest BCUT2D eigenvalue weighted by molar-refractivity contribution is -0.137. The van der Waals surface area contributed by atoms with Crippen LogP contribution in [0.5, 0.6) is 5.88 Å². The first-order valence-electron chi connectivity index (χ1n) is 22.3. The monoisotopic (exact) mass is 954 g/mol. The molecule has 5 heterocycles. The fourth-order valence-corrected chi connectivity index (χ4v) is 7.91. The Morgan fingerprint density at radius 2 is 1.61 bits per heavy atom. The molecule has 0 saturated carbocycles. The van der Waals surface area contributed by atoms with Gasteiger partial charge in [-0.2, -0.15) is 5.10 Å². The van der Waals surface area contributed by atoms with Crippen molar-refractivity contribution >= 4 is 58.1 Å². The van der Waals surface area contributed by atoms with E-state index in [0.717, 1.165) is 30.4 Å². The van der Waals surface area contributed by atoms with Crippen LogP contribution >= 0.6 is 23.2 Å². The van der Waals surface area contributed by atoms with Gasteiger partial charge in [0.25, 0.3) is 5.91 Å². The number of ether oxygens (including phenoxy) is 6. The van der Waals surface area contributed by atoms with Gasteiger partial charge in [-0.15, -0.1) is 0 Å². The fraction of sp³-hybridized carbons (Fsp3) is 0.532. The summed E-state index contributed by atoms with van der Waals surface area (Å²) in [4.78, 5) is 71.7. The Morgan fingerprint density at radius 1 is 0.848 bits per heavy atom. The number of hydrogen-bond acceptors (Lipinski definition) is 14. The van der Waals surface area contributed by atoms with Gasteiger partial charge in [0.2, 0.25) is 17.7 Å². The first-order valence-corrected chi connectivity index (χ1v) is 23.0. The number of aryl methyl sites for hydroxylation is 1. The summed E-state index contributed by atoms with van der Waals surface area (Å²) in [5.74, 6) is -0.456. The van der Waals surface area contributed by atoms with Gasteiger partial charge in [0.05, 0.1) is 56.5 Å². The van der Waals surface area contributed by atoms with Crippen molar-refractivity contribution in [1.82, 2.24) is 29.8 Å². The van der Waals surface area contributed by atoms with Crippen LogP contribution in [-0.4, -0.2) is 127 Å². The van der Waals surface area contributed by atoms with Gasteiger partial charge in [0.1, 0.15) is 17.6 Å². The molecule has 4 aromatic rings. The van der Waals surface area contributed by atoms with Crippen molar-refractivity contribution in [1.29, 1.82) is 0 Å². The summed E-state index contributed by atoms with van der Waals surface area (Å²) >= 11 is 12.2. The molecule has 2 aliphatic rings. The first-order chi connectivity index (χ1) is 31.9. The molecule has 2 atom stereocenters. The van der Waals surface area contributed by atoms with Crippen LogP contribution in [0.3, 0.4) is 0 Å². The van der Waals surface area contributed by atoms with E-state index in [1.165, 1.54) is 6.20 Å². The normalized spacial score (nSPS) is 15.1. The average Bonchev–Trinajstić information content (AvgIpc) is 3.85.